The Morgan fingerprint density at radius 1 is 1.47 bits per heavy atom. The molecule has 2 amide bonds. The Hall–Kier alpha value is -1.10. The van der Waals surface area contributed by atoms with Crippen molar-refractivity contribution in [3.8, 4) is 0 Å². The van der Waals surface area contributed by atoms with Crippen LogP contribution in [0.3, 0.4) is 0 Å². The molecule has 3 atom stereocenters. The highest BCUT2D eigenvalue weighted by Gasteiger charge is 2.37. The van der Waals surface area contributed by atoms with E-state index in [1.54, 1.807) is 18.9 Å². The summed E-state index contributed by atoms with van der Waals surface area (Å²) in [7, 11) is 1.60. The number of carbonyl (C=O) groups excluding carboxylic acids is 2. The highest BCUT2D eigenvalue weighted by molar-refractivity contribution is 5.96. The largest absolute Gasteiger partial charge is 0.380 e. The Kier molecular flexibility index (Phi) is 4.93. The number of nitrogens with zero attached hydrogens (tertiary/aromatic N) is 1. The molecule has 1 heterocycles. The minimum atomic E-state index is -0.409. The number of hydrogen-bond donors (Lipinski definition) is 1. The summed E-state index contributed by atoms with van der Waals surface area (Å²) in [6.07, 6.45) is 1.50. The van der Waals surface area contributed by atoms with Crippen molar-refractivity contribution in [1.82, 2.24) is 10.2 Å². The number of hydrogen-bond acceptors (Lipinski definition) is 3. The van der Waals surface area contributed by atoms with Crippen LogP contribution in [0.2, 0.25) is 0 Å². The van der Waals surface area contributed by atoms with Gasteiger partial charge in [-0.25, -0.2) is 0 Å². The molecule has 0 bridgehead atoms. The highest BCUT2D eigenvalue weighted by Crippen LogP contribution is 2.14. The van der Waals surface area contributed by atoms with Gasteiger partial charge in [0.05, 0.1) is 6.10 Å². The van der Waals surface area contributed by atoms with Crippen LogP contribution in [0.1, 0.15) is 33.6 Å². The summed E-state index contributed by atoms with van der Waals surface area (Å²) in [6.45, 7) is 6.10. The fraction of sp³-hybridized carbons (Fsp3) is 0.833. The van der Waals surface area contributed by atoms with Gasteiger partial charge < -0.3 is 15.0 Å². The zero-order valence-electron chi connectivity index (χ0n) is 11.0. The normalized spacial score (nSPS) is 26.9. The molecule has 1 saturated heterocycles. The van der Waals surface area contributed by atoms with Crippen LogP contribution in [0.15, 0.2) is 0 Å². The lowest BCUT2D eigenvalue weighted by Gasteiger charge is -2.38. The van der Waals surface area contributed by atoms with Gasteiger partial charge >= 0.3 is 0 Å². The monoisotopic (exact) mass is 242 g/mol. The Morgan fingerprint density at radius 2 is 2.12 bits per heavy atom. The average molecular weight is 242 g/mol. The second-order valence-electron chi connectivity index (χ2n) is 4.56. The topological polar surface area (TPSA) is 58.6 Å². The number of nitrogens with one attached hydrogen (secondary N) is 1. The van der Waals surface area contributed by atoms with Crippen molar-refractivity contribution in [1.29, 1.82) is 0 Å². The molecule has 5 nitrogen and oxygen atoms in total. The van der Waals surface area contributed by atoms with Crippen LogP contribution in [0, 0.1) is 0 Å². The van der Waals surface area contributed by atoms with Crippen LogP contribution in [0.4, 0.5) is 0 Å². The molecule has 0 spiro atoms. The van der Waals surface area contributed by atoms with Gasteiger partial charge in [0.2, 0.25) is 11.8 Å². The molecule has 17 heavy (non-hydrogen) atoms. The molecule has 98 valence electrons. The second kappa shape index (κ2) is 6.00. The Balaban J connectivity index is 2.76. The van der Waals surface area contributed by atoms with Crippen LogP contribution in [-0.2, 0) is 14.3 Å². The van der Waals surface area contributed by atoms with Gasteiger partial charge in [-0.1, -0.05) is 13.3 Å². The summed E-state index contributed by atoms with van der Waals surface area (Å²) in [4.78, 5) is 25.6. The first kappa shape index (κ1) is 14.0. The second-order valence-corrected chi connectivity index (χ2v) is 4.56. The number of carbonyl (C=O) groups is 2. The Bertz CT molecular complexity index is 293. The third-order valence-corrected chi connectivity index (χ3v) is 3.18. The third kappa shape index (κ3) is 3.19. The van der Waals surface area contributed by atoms with Gasteiger partial charge in [0, 0.05) is 13.7 Å². The summed E-state index contributed by atoms with van der Waals surface area (Å²) in [5, 5.41) is 2.77. The van der Waals surface area contributed by atoms with E-state index in [1.807, 2.05) is 13.8 Å². The van der Waals surface area contributed by atoms with Gasteiger partial charge in [-0.15, -0.1) is 0 Å². The van der Waals surface area contributed by atoms with Gasteiger partial charge in [-0.2, -0.15) is 0 Å². The number of piperazine rings is 1. The van der Waals surface area contributed by atoms with E-state index in [4.69, 9.17) is 4.74 Å². The van der Waals surface area contributed by atoms with E-state index >= 15 is 0 Å². The molecule has 1 fully saturated rings. The molecule has 0 aromatic rings. The predicted molar refractivity (Wildman–Crippen MR) is 64.5 cm³/mol. The SMILES string of the molecule is CCCC1NC(=O)C(C)N(CC(C)OC)C1=O. The number of ether oxygens (including phenoxy) is 1. The van der Waals surface area contributed by atoms with Crippen LogP contribution in [-0.4, -0.2) is 48.6 Å². The van der Waals surface area contributed by atoms with Crippen molar-refractivity contribution in [2.45, 2.75) is 51.8 Å². The zero-order valence-corrected chi connectivity index (χ0v) is 11.0. The zero-order chi connectivity index (χ0) is 13.0. The lowest BCUT2D eigenvalue weighted by atomic mass is 10.0. The third-order valence-electron chi connectivity index (χ3n) is 3.18. The molecule has 1 rings (SSSR count). The van der Waals surface area contributed by atoms with E-state index in [9.17, 15) is 9.59 Å². The smallest absolute Gasteiger partial charge is 0.245 e. The van der Waals surface area contributed by atoms with Gasteiger partial charge in [0.25, 0.3) is 0 Å². The van der Waals surface area contributed by atoms with Crippen LogP contribution < -0.4 is 5.32 Å². The van der Waals surface area contributed by atoms with E-state index in [0.717, 1.165) is 6.42 Å². The summed E-state index contributed by atoms with van der Waals surface area (Å²) in [5.41, 5.74) is 0. The molecule has 0 saturated carbocycles. The van der Waals surface area contributed by atoms with E-state index in [-0.39, 0.29) is 24.0 Å². The van der Waals surface area contributed by atoms with Crippen molar-refractivity contribution in [2.75, 3.05) is 13.7 Å². The lowest BCUT2D eigenvalue weighted by molar-refractivity contribution is -0.150. The minimum absolute atomic E-state index is 0.00264. The fourth-order valence-corrected chi connectivity index (χ4v) is 1.97. The molecule has 0 aromatic heterocycles. The molecule has 1 aliphatic rings. The van der Waals surface area contributed by atoms with Crippen LogP contribution in [0.25, 0.3) is 0 Å². The minimum Gasteiger partial charge on any atom is -0.380 e. The quantitative estimate of drug-likeness (QED) is 0.765. The van der Waals surface area contributed by atoms with E-state index < -0.39 is 6.04 Å². The summed E-state index contributed by atoms with van der Waals surface area (Å²) in [6, 6.07) is -0.777. The number of rotatable bonds is 5. The lowest BCUT2D eigenvalue weighted by Crippen LogP contribution is -2.63. The Labute approximate surface area is 102 Å². The molecular formula is C12H22N2O3. The maximum absolute atomic E-state index is 12.2. The van der Waals surface area contributed by atoms with Crippen molar-refractivity contribution < 1.29 is 14.3 Å². The van der Waals surface area contributed by atoms with Crippen LogP contribution >= 0.6 is 0 Å². The molecule has 3 unspecified atom stereocenters. The number of amides is 2. The van der Waals surface area contributed by atoms with Crippen molar-refractivity contribution >= 4 is 11.8 Å². The fourth-order valence-electron chi connectivity index (χ4n) is 1.97. The molecule has 0 radical (unpaired) electrons. The molecule has 1 N–H and O–H groups in total. The summed E-state index contributed by atoms with van der Waals surface area (Å²) < 4.78 is 5.15. The predicted octanol–water partition coefficient (Wildman–Crippen LogP) is 0.537. The van der Waals surface area contributed by atoms with Gasteiger partial charge in [0.1, 0.15) is 12.1 Å². The number of methoxy groups -OCH3 is 1. The van der Waals surface area contributed by atoms with E-state index in [1.165, 1.54) is 0 Å². The average Bonchev–Trinajstić information content (AvgIpc) is 2.31. The first-order valence-corrected chi connectivity index (χ1v) is 6.14. The van der Waals surface area contributed by atoms with E-state index in [2.05, 4.69) is 5.32 Å². The molecule has 1 aliphatic heterocycles. The first-order chi connectivity index (χ1) is 8.01. The summed E-state index contributed by atoms with van der Waals surface area (Å²) >= 11 is 0. The summed E-state index contributed by atoms with van der Waals surface area (Å²) in [5.74, 6) is -0.0748. The highest BCUT2D eigenvalue weighted by atomic mass is 16.5. The Morgan fingerprint density at radius 3 is 2.65 bits per heavy atom. The maximum atomic E-state index is 12.2. The molecule has 0 aliphatic carbocycles. The maximum Gasteiger partial charge on any atom is 0.245 e. The van der Waals surface area contributed by atoms with E-state index in [0.29, 0.717) is 13.0 Å². The molecular weight excluding hydrogens is 220 g/mol. The van der Waals surface area contributed by atoms with Gasteiger partial charge in [-0.05, 0) is 20.3 Å². The van der Waals surface area contributed by atoms with Crippen molar-refractivity contribution in [2.24, 2.45) is 0 Å². The molecule has 5 heteroatoms. The van der Waals surface area contributed by atoms with Crippen molar-refractivity contribution in [3.05, 3.63) is 0 Å². The standard InChI is InChI=1S/C12H22N2O3/c1-5-6-10-12(16)14(7-8(2)17-4)9(3)11(15)13-10/h8-10H,5-7H2,1-4H3,(H,13,15). The first-order valence-electron chi connectivity index (χ1n) is 6.14. The van der Waals surface area contributed by atoms with Gasteiger partial charge in [0.15, 0.2) is 0 Å². The van der Waals surface area contributed by atoms with Gasteiger partial charge in [-0.3, -0.25) is 9.59 Å². The molecule has 0 aromatic carbocycles. The van der Waals surface area contributed by atoms with Crippen LogP contribution in [0.5, 0.6) is 0 Å². The van der Waals surface area contributed by atoms with Crippen molar-refractivity contribution in [3.63, 3.8) is 0 Å².